The van der Waals surface area contributed by atoms with E-state index in [1.54, 1.807) is 18.2 Å². The molecule has 1 N–H and O–H groups in total. The third-order valence-corrected chi connectivity index (χ3v) is 5.13. The molecule has 0 radical (unpaired) electrons. The number of H-pyrrole nitrogens is 1. The van der Waals surface area contributed by atoms with Crippen LogP contribution in [0.15, 0.2) is 53.3 Å². The molecule has 1 aliphatic rings. The molecule has 1 aliphatic heterocycles. The van der Waals surface area contributed by atoms with Crippen LogP contribution in [0.5, 0.6) is 0 Å². The topological polar surface area (TPSA) is 66.1 Å². The quantitative estimate of drug-likeness (QED) is 0.789. The molecule has 0 unspecified atom stereocenters. The highest BCUT2D eigenvalue weighted by Gasteiger charge is 2.32. The van der Waals surface area contributed by atoms with Crippen LogP contribution in [0.3, 0.4) is 0 Å². The van der Waals surface area contributed by atoms with Crippen molar-refractivity contribution in [3.63, 3.8) is 0 Å². The molecule has 0 aliphatic carbocycles. The van der Waals surface area contributed by atoms with Gasteiger partial charge in [0.1, 0.15) is 0 Å². The standard InChI is InChI=1S/C21H21N3O2/c1-2-7-18-15-9-4-3-8-14(15)12-13-24(18)21(26)19-16-10-5-6-11-17(16)20(25)23-22-19/h3-6,8-11,18H,2,7,12-13H2,1H3,(H,23,25)/t18-/m1/s1. The molecule has 1 amide bonds. The van der Waals surface area contributed by atoms with Crippen LogP contribution in [-0.4, -0.2) is 27.5 Å². The lowest BCUT2D eigenvalue weighted by Gasteiger charge is -2.37. The van der Waals surface area contributed by atoms with E-state index >= 15 is 0 Å². The van der Waals surface area contributed by atoms with Crippen LogP contribution in [0.1, 0.15) is 47.4 Å². The highest BCUT2D eigenvalue weighted by atomic mass is 16.2. The number of fused-ring (bicyclic) bond motifs is 2. The lowest BCUT2D eigenvalue weighted by molar-refractivity contribution is 0.0644. The summed E-state index contributed by atoms with van der Waals surface area (Å²) in [5, 5.41) is 7.68. The molecule has 5 heteroatoms. The van der Waals surface area contributed by atoms with Gasteiger partial charge in [0.25, 0.3) is 11.5 Å². The smallest absolute Gasteiger partial charge is 0.275 e. The first kappa shape index (κ1) is 16.5. The SMILES string of the molecule is CCC[C@@H]1c2ccccc2CCN1C(=O)c1n[nH]c(=O)c2ccccc12. The number of amides is 1. The average Bonchev–Trinajstić information content (AvgIpc) is 2.68. The van der Waals surface area contributed by atoms with Crippen molar-refractivity contribution in [3.8, 4) is 0 Å². The van der Waals surface area contributed by atoms with Crippen molar-refractivity contribution in [2.75, 3.05) is 6.54 Å². The summed E-state index contributed by atoms with van der Waals surface area (Å²) in [6.07, 6.45) is 2.73. The molecule has 0 bridgehead atoms. The van der Waals surface area contributed by atoms with Crippen molar-refractivity contribution in [3.05, 3.63) is 75.7 Å². The van der Waals surface area contributed by atoms with E-state index in [9.17, 15) is 9.59 Å². The van der Waals surface area contributed by atoms with Gasteiger partial charge in [-0.15, -0.1) is 0 Å². The summed E-state index contributed by atoms with van der Waals surface area (Å²) in [6, 6.07) is 15.5. The molecule has 2 aromatic carbocycles. The Balaban J connectivity index is 1.79. The van der Waals surface area contributed by atoms with E-state index in [-0.39, 0.29) is 17.5 Å². The largest absolute Gasteiger partial charge is 0.330 e. The molecule has 3 aromatic rings. The molecule has 0 fully saturated rings. The number of carbonyl (C=O) groups excluding carboxylic acids is 1. The third-order valence-electron chi connectivity index (χ3n) is 5.13. The van der Waals surface area contributed by atoms with Gasteiger partial charge in [-0.25, -0.2) is 5.10 Å². The Morgan fingerprint density at radius 3 is 2.69 bits per heavy atom. The molecule has 0 spiro atoms. The minimum absolute atomic E-state index is 0.0462. The molecule has 0 saturated carbocycles. The van der Waals surface area contributed by atoms with Crippen LogP contribution in [0.25, 0.3) is 10.8 Å². The molecule has 4 rings (SSSR count). The fraction of sp³-hybridized carbons (Fsp3) is 0.286. The second-order valence-corrected chi connectivity index (χ2v) is 6.70. The van der Waals surface area contributed by atoms with Crippen molar-refractivity contribution in [1.82, 2.24) is 15.1 Å². The Hall–Kier alpha value is -2.95. The van der Waals surface area contributed by atoms with E-state index in [4.69, 9.17) is 0 Å². The third kappa shape index (κ3) is 2.69. The molecular formula is C21H21N3O2. The van der Waals surface area contributed by atoms with E-state index in [0.717, 1.165) is 19.3 Å². The van der Waals surface area contributed by atoms with Gasteiger partial charge >= 0.3 is 0 Å². The Bertz CT molecular complexity index is 1020. The summed E-state index contributed by atoms with van der Waals surface area (Å²) in [5.74, 6) is -0.120. The van der Waals surface area contributed by atoms with Crippen molar-refractivity contribution in [2.24, 2.45) is 0 Å². The zero-order chi connectivity index (χ0) is 18.1. The number of rotatable bonds is 3. The van der Waals surface area contributed by atoms with Gasteiger partial charge in [0.05, 0.1) is 11.4 Å². The summed E-state index contributed by atoms with van der Waals surface area (Å²) in [4.78, 5) is 27.3. The average molecular weight is 347 g/mol. The van der Waals surface area contributed by atoms with Crippen molar-refractivity contribution >= 4 is 16.7 Å². The summed E-state index contributed by atoms with van der Waals surface area (Å²) in [7, 11) is 0. The first-order valence-corrected chi connectivity index (χ1v) is 9.07. The van der Waals surface area contributed by atoms with Crippen LogP contribution in [0.2, 0.25) is 0 Å². The van der Waals surface area contributed by atoms with E-state index in [1.165, 1.54) is 11.1 Å². The van der Waals surface area contributed by atoms with Gasteiger partial charge in [-0.3, -0.25) is 9.59 Å². The fourth-order valence-electron chi connectivity index (χ4n) is 3.89. The molecular weight excluding hydrogens is 326 g/mol. The van der Waals surface area contributed by atoms with Crippen LogP contribution in [0, 0.1) is 0 Å². The molecule has 1 aromatic heterocycles. The van der Waals surface area contributed by atoms with E-state index in [2.05, 4.69) is 35.3 Å². The second-order valence-electron chi connectivity index (χ2n) is 6.70. The predicted octanol–water partition coefficient (Wildman–Crippen LogP) is 3.46. The Labute approximate surface area is 151 Å². The number of carbonyl (C=O) groups is 1. The summed E-state index contributed by atoms with van der Waals surface area (Å²) in [5.41, 5.74) is 2.59. The fourth-order valence-corrected chi connectivity index (χ4v) is 3.89. The summed E-state index contributed by atoms with van der Waals surface area (Å²) < 4.78 is 0. The number of nitrogens with one attached hydrogen (secondary N) is 1. The maximum absolute atomic E-state index is 13.4. The molecule has 0 saturated heterocycles. The zero-order valence-corrected chi connectivity index (χ0v) is 14.7. The number of benzene rings is 2. The van der Waals surface area contributed by atoms with Gasteiger partial charge in [0.15, 0.2) is 5.69 Å². The predicted molar refractivity (Wildman–Crippen MR) is 101 cm³/mol. The minimum Gasteiger partial charge on any atom is -0.330 e. The first-order valence-electron chi connectivity index (χ1n) is 9.07. The molecule has 26 heavy (non-hydrogen) atoms. The van der Waals surface area contributed by atoms with Gasteiger partial charge in [0, 0.05) is 11.9 Å². The van der Waals surface area contributed by atoms with Gasteiger partial charge in [-0.2, -0.15) is 5.10 Å². The Morgan fingerprint density at radius 1 is 1.15 bits per heavy atom. The van der Waals surface area contributed by atoms with Gasteiger partial charge in [-0.05, 0) is 30.0 Å². The minimum atomic E-state index is -0.272. The number of aromatic amines is 1. The van der Waals surface area contributed by atoms with Gasteiger partial charge in [-0.1, -0.05) is 55.8 Å². The number of hydrogen-bond donors (Lipinski definition) is 1. The summed E-state index contributed by atoms with van der Waals surface area (Å²) >= 11 is 0. The first-order chi connectivity index (χ1) is 12.7. The van der Waals surface area contributed by atoms with E-state index < -0.39 is 0 Å². The number of aromatic nitrogens is 2. The maximum Gasteiger partial charge on any atom is 0.275 e. The van der Waals surface area contributed by atoms with Crippen molar-refractivity contribution in [1.29, 1.82) is 0 Å². The highest BCUT2D eigenvalue weighted by Crippen LogP contribution is 2.34. The van der Waals surface area contributed by atoms with E-state index in [1.807, 2.05) is 17.0 Å². The lowest BCUT2D eigenvalue weighted by atomic mass is 9.89. The van der Waals surface area contributed by atoms with Gasteiger partial charge < -0.3 is 4.90 Å². The van der Waals surface area contributed by atoms with Crippen LogP contribution in [0.4, 0.5) is 0 Å². The molecule has 2 heterocycles. The molecule has 132 valence electrons. The maximum atomic E-state index is 13.4. The van der Waals surface area contributed by atoms with Crippen molar-refractivity contribution < 1.29 is 4.79 Å². The second kappa shape index (κ2) is 6.75. The van der Waals surface area contributed by atoms with Gasteiger partial charge in [0.2, 0.25) is 0 Å². The van der Waals surface area contributed by atoms with Crippen LogP contribution in [-0.2, 0) is 6.42 Å². The Kier molecular flexibility index (Phi) is 4.29. The normalized spacial score (nSPS) is 16.5. The Morgan fingerprint density at radius 2 is 1.88 bits per heavy atom. The zero-order valence-electron chi connectivity index (χ0n) is 14.7. The van der Waals surface area contributed by atoms with Crippen LogP contribution >= 0.6 is 0 Å². The number of hydrogen-bond acceptors (Lipinski definition) is 3. The van der Waals surface area contributed by atoms with Crippen molar-refractivity contribution in [2.45, 2.75) is 32.2 Å². The summed E-state index contributed by atoms with van der Waals surface area (Å²) in [6.45, 7) is 2.79. The monoisotopic (exact) mass is 347 g/mol. The van der Waals surface area contributed by atoms with E-state index in [0.29, 0.717) is 23.0 Å². The molecule has 5 nitrogen and oxygen atoms in total. The number of nitrogens with zero attached hydrogens (tertiary/aromatic N) is 2. The molecule has 1 atom stereocenters. The van der Waals surface area contributed by atoms with Crippen LogP contribution < -0.4 is 5.56 Å². The highest BCUT2D eigenvalue weighted by molar-refractivity contribution is 6.04. The lowest BCUT2D eigenvalue weighted by Crippen LogP contribution is -2.40.